The van der Waals surface area contributed by atoms with Crippen LogP contribution in [0, 0.1) is 0 Å². The van der Waals surface area contributed by atoms with E-state index in [0.717, 1.165) is 18.1 Å². The molecule has 0 spiro atoms. The molecule has 0 fully saturated rings. The number of hydrogen-bond acceptors (Lipinski definition) is 4. The molecule has 0 aromatic heterocycles. The molecule has 2 aromatic carbocycles. The summed E-state index contributed by atoms with van der Waals surface area (Å²) < 4.78 is 11.7. The topological polar surface area (TPSA) is 84.9 Å². The summed E-state index contributed by atoms with van der Waals surface area (Å²) in [5.41, 5.74) is 1.80. The number of aliphatic carboxylic acids is 1. The molecule has 2 aromatic rings. The van der Waals surface area contributed by atoms with Crippen molar-refractivity contribution in [3.8, 4) is 11.5 Å². The van der Waals surface area contributed by atoms with Crippen molar-refractivity contribution in [1.82, 2.24) is 0 Å². The number of hydrogen-bond donors (Lipinski definition) is 2. The first-order chi connectivity index (χ1) is 12.6. The lowest BCUT2D eigenvalue weighted by atomic mass is 10.1. The second kappa shape index (κ2) is 7.74. The van der Waals surface area contributed by atoms with Crippen LogP contribution < -0.4 is 14.8 Å². The largest absolute Gasteiger partial charge is 0.490 e. The number of anilines is 1. The van der Waals surface area contributed by atoms with Gasteiger partial charge in [0, 0.05) is 11.6 Å². The average Bonchev–Trinajstić information content (AvgIpc) is 2.64. The van der Waals surface area contributed by atoms with Gasteiger partial charge in [-0.05, 0) is 30.2 Å². The summed E-state index contributed by atoms with van der Waals surface area (Å²) in [5.74, 6) is -0.428. The third kappa shape index (κ3) is 3.85. The Labute approximate surface area is 151 Å². The fourth-order valence-electron chi connectivity index (χ4n) is 2.64. The summed E-state index contributed by atoms with van der Waals surface area (Å²) in [4.78, 5) is 23.2. The van der Waals surface area contributed by atoms with E-state index in [2.05, 4.69) is 5.32 Å². The molecule has 0 saturated heterocycles. The van der Waals surface area contributed by atoms with Crippen molar-refractivity contribution >= 4 is 23.6 Å². The maximum absolute atomic E-state index is 12.5. The smallest absolute Gasteiger partial charge is 0.328 e. The highest BCUT2D eigenvalue weighted by atomic mass is 16.5. The second-order valence-corrected chi connectivity index (χ2v) is 5.81. The SMILES string of the molecule is CCCOc1cc(/C=C/C(=O)O)cc2c1OC(c1ccccc1)C(=O)N2. The van der Waals surface area contributed by atoms with E-state index in [-0.39, 0.29) is 5.91 Å². The summed E-state index contributed by atoms with van der Waals surface area (Å²) in [5, 5.41) is 11.6. The Bertz CT molecular complexity index is 845. The van der Waals surface area contributed by atoms with Gasteiger partial charge in [-0.15, -0.1) is 0 Å². The molecular weight excluding hydrogens is 334 g/mol. The number of benzene rings is 2. The standard InChI is InChI=1S/C20H19NO5/c1-2-10-25-16-12-13(8-9-17(22)23)11-15-19(16)26-18(20(24)21-15)14-6-4-3-5-7-14/h3-9,11-12,18H,2,10H2,1H3,(H,21,24)(H,22,23)/b9-8+. The Kier molecular flexibility index (Phi) is 5.22. The molecule has 1 unspecified atom stereocenters. The van der Waals surface area contributed by atoms with Gasteiger partial charge in [0.15, 0.2) is 11.5 Å². The van der Waals surface area contributed by atoms with Gasteiger partial charge in [-0.2, -0.15) is 0 Å². The molecule has 26 heavy (non-hydrogen) atoms. The third-order valence-electron chi connectivity index (χ3n) is 3.79. The molecule has 6 nitrogen and oxygen atoms in total. The number of fused-ring (bicyclic) bond motifs is 1. The van der Waals surface area contributed by atoms with Crippen molar-refractivity contribution < 1.29 is 24.2 Å². The first-order valence-electron chi connectivity index (χ1n) is 8.33. The van der Waals surface area contributed by atoms with E-state index in [0.29, 0.717) is 29.4 Å². The van der Waals surface area contributed by atoms with Gasteiger partial charge in [0.2, 0.25) is 6.10 Å². The Morgan fingerprint density at radius 2 is 2.08 bits per heavy atom. The fourth-order valence-corrected chi connectivity index (χ4v) is 2.64. The van der Waals surface area contributed by atoms with Crippen LogP contribution in [0.5, 0.6) is 11.5 Å². The zero-order valence-electron chi connectivity index (χ0n) is 14.3. The van der Waals surface area contributed by atoms with Crippen LogP contribution in [0.25, 0.3) is 6.08 Å². The first-order valence-corrected chi connectivity index (χ1v) is 8.33. The highest BCUT2D eigenvalue weighted by Gasteiger charge is 2.31. The summed E-state index contributed by atoms with van der Waals surface area (Å²) >= 11 is 0. The van der Waals surface area contributed by atoms with Gasteiger partial charge >= 0.3 is 5.97 Å². The molecule has 1 aliphatic rings. The van der Waals surface area contributed by atoms with E-state index in [1.165, 1.54) is 6.08 Å². The lowest BCUT2D eigenvalue weighted by Crippen LogP contribution is -2.30. The lowest BCUT2D eigenvalue weighted by Gasteiger charge is -2.28. The van der Waals surface area contributed by atoms with E-state index in [1.807, 2.05) is 37.3 Å². The molecule has 0 aliphatic carbocycles. The van der Waals surface area contributed by atoms with Crippen LogP contribution in [0.1, 0.15) is 30.6 Å². The molecule has 0 saturated carbocycles. The normalized spacial score (nSPS) is 15.9. The summed E-state index contributed by atoms with van der Waals surface area (Å²) in [6.45, 7) is 2.46. The number of carboxylic acid groups (broad SMARTS) is 1. The highest BCUT2D eigenvalue weighted by molar-refractivity contribution is 5.99. The Balaban J connectivity index is 1.99. The number of amides is 1. The maximum atomic E-state index is 12.5. The van der Waals surface area contributed by atoms with E-state index in [9.17, 15) is 9.59 Å². The van der Waals surface area contributed by atoms with E-state index >= 15 is 0 Å². The van der Waals surface area contributed by atoms with Crippen molar-refractivity contribution in [2.45, 2.75) is 19.4 Å². The zero-order chi connectivity index (χ0) is 18.5. The Hall–Kier alpha value is -3.28. The van der Waals surface area contributed by atoms with Gasteiger partial charge in [0.1, 0.15) is 0 Å². The van der Waals surface area contributed by atoms with Crippen molar-refractivity contribution in [1.29, 1.82) is 0 Å². The molecule has 1 heterocycles. The predicted molar refractivity (Wildman–Crippen MR) is 97.3 cm³/mol. The zero-order valence-corrected chi connectivity index (χ0v) is 14.3. The number of ether oxygens (including phenoxy) is 2. The van der Waals surface area contributed by atoms with Gasteiger partial charge in [-0.1, -0.05) is 37.3 Å². The van der Waals surface area contributed by atoms with E-state index in [4.69, 9.17) is 14.6 Å². The van der Waals surface area contributed by atoms with Crippen LogP contribution in [0.4, 0.5) is 5.69 Å². The number of carbonyl (C=O) groups is 2. The number of rotatable bonds is 6. The molecule has 2 N–H and O–H groups in total. The van der Waals surface area contributed by atoms with Gasteiger partial charge < -0.3 is 19.9 Å². The van der Waals surface area contributed by atoms with Gasteiger partial charge in [0.25, 0.3) is 5.91 Å². The molecule has 0 radical (unpaired) electrons. The summed E-state index contributed by atoms with van der Waals surface area (Å²) in [7, 11) is 0. The monoisotopic (exact) mass is 353 g/mol. The summed E-state index contributed by atoms with van der Waals surface area (Å²) in [6.07, 6.45) is 2.51. The van der Waals surface area contributed by atoms with Crippen LogP contribution in [-0.2, 0) is 9.59 Å². The minimum absolute atomic E-state index is 0.287. The molecule has 6 heteroatoms. The van der Waals surface area contributed by atoms with Crippen LogP contribution in [0.2, 0.25) is 0 Å². The third-order valence-corrected chi connectivity index (χ3v) is 3.79. The molecular formula is C20H19NO5. The van der Waals surface area contributed by atoms with Crippen molar-refractivity contribution in [3.05, 3.63) is 59.7 Å². The van der Waals surface area contributed by atoms with Crippen molar-refractivity contribution in [2.24, 2.45) is 0 Å². The minimum atomic E-state index is -1.05. The van der Waals surface area contributed by atoms with Crippen molar-refractivity contribution in [3.63, 3.8) is 0 Å². The lowest BCUT2D eigenvalue weighted by molar-refractivity contribution is -0.131. The number of carbonyl (C=O) groups excluding carboxylic acids is 1. The van der Waals surface area contributed by atoms with Gasteiger partial charge in [-0.3, -0.25) is 4.79 Å². The second-order valence-electron chi connectivity index (χ2n) is 5.81. The van der Waals surface area contributed by atoms with E-state index < -0.39 is 12.1 Å². The molecule has 1 amide bonds. The van der Waals surface area contributed by atoms with Gasteiger partial charge in [0.05, 0.1) is 12.3 Å². The molecule has 3 rings (SSSR count). The average molecular weight is 353 g/mol. The Morgan fingerprint density at radius 1 is 1.31 bits per heavy atom. The van der Waals surface area contributed by atoms with Crippen LogP contribution in [0.15, 0.2) is 48.5 Å². The minimum Gasteiger partial charge on any atom is -0.490 e. The van der Waals surface area contributed by atoms with E-state index in [1.54, 1.807) is 12.1 Å². The van der Waals surface area contributed by atoms with Crippen LogP contribution in [0.3, 0.4) is 0 Å². The van der Waals surface area contributed by atoms with Crippen LogP contribution >= 0.6 is 0 Å². The molecule has 134 valence electrons. The predicted octanol–water partition coefficient (Wildman–Crippen LogP) is 3.65. The molecule has 1 atom stereocenters. The quantitative estimate of drug-likeness (QED) is 0.775. The van der Waals surface area contributed by atoms with Crippen molar-refractivity contribution in [2.75, 3.05) is 11.9 Å². The van der Waals surface area contributed by atoms with Gasteiger partial charge in [-0.25, -0.2) is 4.79 Å². The molecule has 0 bridgehead atoms. The maximum Gasteiger partial charge on any atom is 0.328 e. The highest BCUT2D eigenvalue weighted by Crippen LogP contribution is 2.43. The fraction of sp³-hybridized carbons (Fsp3) is 0.200. The Morgan fingerprint density at radius 3 is 2.77 bits per heavy atom. The number of nitrogens with one attached hydrogen (secondary N) is 1. The number of carboxylic acids is 1. The molecule has 1 aliphatic heterocycles. The first kappa shape index (κ1) is 17.5. The van der Waals surface area contributed by atoms with Crippen LogP contribution in [-0.4, -0.2) is 23.6 Å². The summed E-state index contributed by atoms with van der Waals surface area (Å²) in [6, 6.07) is 12.6.